The van der Waals surface area contributed by atoms with Gasteiger partial charge in [0.1, 0.15) is 11.6 Å². The maximum Gasteiger partial charge on any atom is 0.294 e. The third-order valence-corrected chi connectivity index (χ3v) is 4.74. The summed E-state index contributed by atoms with van der Waals surface area (Å²) in [5.74, 6) is 1.34. The van der Waals surface area contributed by atoms with Gasteiger partial charge in [0, 0.05) is 31.8 Å². The van der Waals surface area contributed by atoms with Crippen LogP contribution in [0.2, 0.25) is 5.28 Å². The lowest BCUT2D eigenvalue weighted by Crippen LogP contribution is -2.26. The second kappa shape index (κ2) is 6.96. The zero-order chi connectivity index (χ0) is 19.0. The van der Waals surface area contributed by atoms with Crippen molar-refractivity contribution in [1.29, 1.82) is 0 Å². The van der Waals surface area contributed by atoms with Crippen LogP contribution in [0.15, 0.2) is 30.5 Å². The van der Waals surface area contributed by atoms with Crippen molar-refractivity contribution < 1.29 is 9.53 Å². The highest BCUT2D eigenvalue weighted by atomic mass is 35.5. The Morgan fingerprint density at radius 3 is 2.67 bits per heavy atom. The van der Waals surface area contributed by atoms with Crippen LogP contribution >= 0.6 is 11.6 Å². The number of rotatable bonds is 4. The molecule has 2 aromatic heterocycles. The van der Waals surface area contributed by atoms with Gasteiger partial charge in [0.15, 0.2) is 0 Å². The van der Waals surface area contributed by atoms with Gasteiger partial charge >= 0.3 is 0 Å². The number of aromatic nitrogens is 5. The summed E-state index contributed by atoms with van der Waals surface area (Å²) in [4.78, 5) is 27.3. The number of methoxy groups -OCH3 is 1. The summed E-state index contributed by atoms with van der Waals surface area (Å²) in [5.41, 5.74) is 2.88. The molecule has 0 aliphatic carbocycles. The minimum absolute atomic E-state index is 0.0849. The maximum absolute atomic E-state index is 12.6. The van der Waals surface area contributed by atoms with E-state index >= 15 is 0 Å². The number of hydrogen-bond acceptors (Lipinski definition) is 6. The van der Waals surface area contributed by atoms with Gasteiger partial charge in [-0.25, -0.2) is 14.6 Å². The van der Waals surface area contributed by atoms with E-state index in [-0.39, 0.29) is 17.0 Å². The van der Waals surface area contributed by atoms with Gasteiger partial charge in [-0.15, -0.1) is 5.10 Å². The lowest BCUT2D eigenvalue weighted by atomic mass is 10.1. The highest BCUT2D eigenvalue weighted by molar-refractivity contribution is 6.28. The molecule has 0 unspecified atom stereocenters. The van der Waals surface area contributed by atoms with E-state index in [1.54, 1.807) is 25.3 Å². The number of carbonyl (C=O) groups excluding carboxylic acids is 1. The average Bonchev–Trinajstić information content (AvgIpc) is 3.25. The van der Waals surface area contributed by atoms with Crippen molar-refractivity contribution in [2.75, 3.05) is 7.11 Å². The van der Waals surface area contributed by atoms with E-state index in [9.17, 15) is 4.79 Å². The van der Waals surface area contributed by atoms with E-state index in [1.807, 2.05) is 24.3 Å². The van der Waals surface area contributed by atoms with Crippen LogP contribution < -0.4 is 4.74 Å². The molecule has 138 valence electrons. The van der Waals surface area contributed by atoms with Crippen LogP contribution in [0.3, 0.4) is 0 Å². The summed E-state index contributed by atoms with van der Waals surface area (Å²) in [6, 6.07) is 7.80. The lowest BCUT2D eigenvalue weighted by molar-refractivity contribution is 0.0738. The molecule has 1 amide bonds. The fourth-order valence-corrected chi connectivity index (χ4v) is 3.06. The highest BCUT2D eigenvalue weighted by Crippen LogP contribution is 2.23. The first-order valence-electron chi connectivity index (χ1n) is 8.36. The Balaban J connectivity index is 1.48. The van der Waals surface area contributed by atoms with Gasteiger partial charge in [-0.1, -0.05) is 12.1 Å². The molecule has 0 radical (unpaired) electrons. The maximum atomic E-state index is 12.6. The molecule has 0 atom stereocenters. The number of hydrogen-bond donors (Lipinski definition) is 0. The zero-order valence-corrected chi connectivity index (χ0v) is 15.6. The molecule has 4 rings (SSSR count). The van der Waals surface area contributed by atoms with Crippen LogP contribution in [-0.2, 0) is 26.6 Å². The van der Waals surface area contributed by atoms with Gasteiger partial charge in [-0.2, -0.15) is 4.98 Å². The lowest BCUT2D eigenvalue weighted by Gasteiger charge is -2.11. The van der Waals surface area contributed by atoms with Crippen LogP contribution in [-0.4, -0.2) is 42.6 Å². The number of ether oxygens (including phenoxy) is 1. The predicted octanol–water partition coefficient (Wildman–Crippen LogP) is 2.01. The molecular formula is C18H17ClN6O2. The molecule has 0 bridgehead atoms. The van der Waals surface area contributed by atoms with Gasteiger partial charge in [0.05, 0.1) is 19.3 Å². The average molecular weight is 385 g/mol. The summed E-state index contributed by atoms with van der Waals surface area (Å²) in [6.45, 7) is 0.842. The summed E-state index contributed by atoms with van der Waals surface area (Å²) < 4.78 is 6.54. The van der Waals surface area contributed by atoms with E-state index in [4.69, 9.17) is 16.3 Å². The topological polar surface area (TPSA) is 86.0 Å². The van der Waals surface area contributed by atoms with Crippen LogP contribution in [0.25, 0.3) is 0 Å². The number of nitrogens with zero attached hydrogens (tertiary/aromatic N) is 6. The Kier molecular flexibility index (Phi) is 4.49. The number of halogens is 1. The van der Waals surface area contributed by atoms with Gasteiger partial charge in [-0.05, 0) is 29.3 Å². The Bertz CT molecular complexity index is 982. The standard InChI is InChI=1S/C18H17ClN6O2/c1-24-18(19)22-16(23-24)17(26)25-9-12-8-20-15(21-14(12)10-25)7-11-3-5-13(27-2)6-4-11/h3-6,8H,7,9-10H2,1-2H3. The molecule has 0 saturated carbocycles. The van der Waals surface area contributed by atoms with Crippen molar-refractivity contribution in [3.05, 3.63) is 64.2 Å². The van der Waals surface area contributed by atoms with Crippen molar-refractivity contribution in [3.63, 3.8) is 0 Å². The zero-order valence-electron chi connectivity index (χ0n) is 14.9. The van der Waals surface area contributed by atoms with Crippen molar-refractivity contribution >= 4 is 17.5 Å². The number of carbonyl (C=O) groups is 1. The third kappa shape index (κ3) is 3.48. The minimum Gasteiger partial charge on any atom is -0.497 e. The molecule has 0 N–H and O–H groups in total. The second-order valence-corrected chi connectivity index (χ2v) is 6.61. The van der Waals surface area contributed by atoms with E-state index < -0.39 is 0 Å². The van der Waals surface area contributed by atoms with Gasteiger partial charge in [-0.3, -0.25) is 4.79 Å². The normalized spacial score (nSPS) is 12.9. The van der Waals surface area contributed by atoms with Gasteiger partial charge in [0.25, 0.3) is 5.91 Å². The van der Waals surface area contributed by atoms with E-state index in [2.05, 4.69) is 20.1 Å². The van der Waals surface area contributed by atoms with Gasteiger partial charge < -0.3 is 9.64 Å². The molecule has 0 spiro atoms. The summed E-state index contributed by atoms with van der Waals surface area (Å²) in [7, 11) is 3.28. The molecule has 3 aromatic rings. The number of fused-ring (bicyclic) bond motifs is 1. The van der Waals surface area contributed by atoms with Crippen LogP contribution in [0.1, 0.15) is 33.3 Å². The smallest absolute Gasteiger partial charge is 0.294 e. The second-order valence-electron chi connectivity index (χ2n) is 6.27. The molecule has 27 heavy (non-hydrogen) atoms. The molecule has 3 heterocycles. The Morgan fingerprint density at radius 2 is 2.00 bits per heavy atom. The van der Waals surface area contributed by atoms with Crippen molar-refractivity contribution in [2.24, 2.45) is 7.05 Å². The molecule has 0 fully saturated rings. The first-order chi connectivity index (χ1) is 13.0. The number of benzene rings is 1. The van der Waals surface area contributed by atoms with Gasteiger partial charge in [0.2, 0.25) is 11.1 Å². The molecular weight excluding hydrogens is 368 g/mol. The van der Waals surface area contributed by atoms with E-state index in [1.165, 1.54) is 4.68 Å². The van der Waals surface area contributed by atoms with Crippen LogP contribution in [0.5, 0.6) is 5.75 Å². The highest BCUT2D eigenvalue weighted by Gasteiger charge is 2.28. The Labute approximate surface area is 160 Å². The van der Waals surface area contributed by atoms with Crippen LogP contribution in [0.4, 0.5) is 0 Å². The van der Waals surface area contributed by atoms with E-state index in [0.717, 1.165) is 22.6 Å². The van der Waals surface area contributed by atoms with Crippen molar-refractivity contribution in [3.8, 4) is 5.75 Å². The molecule has 8 nitrogen and oxygen atoms in total. The summed E-state index contributed by atoms with van der Waals surface area (Å²) >= 11 is 5.87. The van der Waals surface area contributed by atoms with Crippen molar-refractivity contribution in [2.45, 2.75) is 19.5 Å². The SMILES string of the molecule is COc1ccc(Cc2ncc3c(n2)CN(C(=O)c2nc(Cl)n(C)n2)C3)cc1. The van der Waals surface area contributed by atoms with Crippen molar-refractivity contribution in [1.82, 2.24) is 29.6 Å². The molecule has 1 aromatic carbocycles. The first kappa shape index (κ1) is 17.4. The molecule has 0 saturated heterocycles. The van der Waals surface area contributed by atoms with E-state index in [0.29, 0.717) is 25.3 Å². The number of amides is 1. The Morgan fingerprint density at radius 1 is 1.22 bits per heavy atom. The minimum atomic E-state index is -0.271. The fraction of sp³-hybridized carbons (Fsp3) is 0.278. The largest absolute Gasteiger partial charge is 0.497 e. The monoisotopic (exact) mass is 384 g/mol. The number of aryl methyl sites for hydroxylation is 1. The predicted molar refractivity (Wildman–Crippen MR) is 97.4 cm³/mol. The Hall–Kier alpha value is -3.00. The molecule has 9 heteroatoms. The first-order valence-corrected chi connectivity index (χ1v) is 8.73. The third-order valence-electron chi connectivity index (χ3n) is 4.42. The molecule has 1 aliphatic heterocycles. The molecule has 1 aliphatic rings. The fourth-order valence-electron chi connectivity index (χ4n) is 2.95. The quantitative estimate of drug-likeness (QED) is 0.684. The van der Waals surface area contributed by atoms with Crippen LogP contribution in [0, 0.1) is 0 Å². The summed E-state index contributed by atoms with van der Waals surface area (Å²) in [5, 5.41) is 4.22. The summed E-state index contributed by atoms with van der Waals surface area (Å²) in [6.07, 6.45) is 2.40.